The van der Waals surface area contributed by atoms with Crippen molar-refractivity contribution in [2.45, 2.75) is 6.42 Å². The lowest BCUT2D eigenvalue weighted by molar-refractivity contribution is 0.0378. The van der Waals surface area contributed by atoms with Crippen LogP contribution in [0.3, 0.4) is 0 Å². The molecule has 0 aliphatic carbocycles. The van der Waals surface area contributed by atoms with Crippen LogP contribution in [0.15, 0.2) is 36.7 Å². The number of nitrogens with zero attached hydrogens (tertiary/aromatic N) is 3. The number of aromatic nitrogens is 3. The number of carboxylic acid groups (broad SMARTS) is 1. The molecule has 3 aromatic rings. The van der Waals surface area contributed by atoms with E-state index >= 15 is 0 Å². The van der Waals surface area contributed by atoms with Gasteiger partial charge in [-0.1, -0.05) is 12.1 Å². The Morgan fingerprint density at radius 1 is 1.21 bits per heavy atom. The largest absolute Gasteiger partial charge is 0.478 e. The molecule has 0 radical (unpaired) electrons. The first kappa shape index (κ1) is 18.4. The van der Waals surface area contributed by atoms with Crippen LogP contribution >= 0.6 is 0 Å². The summed E-state index contributed by atoms with van der Waals surface area (Å²) in [6.07, 6.45) is 2.57. The van der Waals surface area contributed by atoms with Crippen LogP contribution in [-0.2, 0) is 4.74 Å². The summed E-state index contributed by atoms with van der Waals surface area (Å²) in [7, 11) is 0. The Bertz CT molecular complexity index is 948. The lowest BCUT2D eigenvalue weighted by Crippen LogP contribution is -2.37. The molecule has 1 aliphatic heterocycles. The Balaban J connectivity index is 1.43. The second kappa shape index (κ2) is 8.37. The molecule has 1 aromatic carbocycles. The summed E-state index contributed by atoms with van der Waals surface area (Å²) in [6, 6.07) is 8.77. The van der Waals surface area contributed by atoms with E-state index in [1.54, 1.807) is 30.6 Å². The van der Waals surface area contributed by atoms with Crippen molar-refractivity contribution >= 4 is 22.8 Å². The summed E-state index contributed by atoms with van der Waals surface area (Å²) in [5.41, 5.74) is 2.80. The van der Waals surface area contributed by atoms with Crippen molar-refractivity contribution < 1.29 is 14.6 Å². The highest BCUT2D eigenvalue weighted by atomic mass is 16.5. The van der Waals surface area contributed by atoms with Gasteiger partial charge in [-0.25, -0.2) is 14.8 Å². The van der Waals surface area contributed by atoms with E-state index in [4.69, 9.17) is 9.84 Å². The van der Waals surface area contributed by atoms with Gasteiger partial charge in [0.15, 0.2) is 0 Å². The summed E-state index contributed by atoms with van der Waals surface area (Å²) in [4.78, 5) is 25.4. The average Bonchev–Trinajstić information content (AvgIpc) is 3.17. The number of nitrogens with one attached hydrogen (secondary N) is 2. The lowest BCUT2D eigenvalue weighted by atomic mass is 10.1. The van der Waals surface area contributed by atoms with Crippen molar-refractivity contribution in [3.8, 4) is 11.3 Å². The molecule has 1 saturated heterocycles. The van der Waals surface area contributed by atoms with Gasteiger partial charge < -0.3 is 20.1 Å². The maximum absolute atomic E-state index is 11.0. The second-order valence-corrected chi connectivity index (χ2v) is 6.78. The normalized spacial score (nSPS) is 15.0. The summed E-state index contributed by atoms with van der Waals surface area (Å²) >= 11 is 0. The van der Waals surface area contributed by atoms with Gasteiger partial charge in [0.1, 0.15) is 17.8 Å². The molecule has 0 bridgehead atoms. The number of benzene rings is 1. The molecule has 4 rings (SSSR count). The van der Waals surface area contributed by atoms with Crippen molar-refractivity contribution in [1.82, 2.24) is 19.9 Å². The second-order valence-electron chi connectivity index (χ2n) is 6.78. The molecule has 0 saturated carbocycles. The first-order valence-electron chi connectivity index (χ1n) is 9.42. The lowest BCUT2D eigenvalue weighted by Gasteiger charge is -2.26. The van der Waals surface area contributed by atoms with Gasteiger partial charge in [0.2, 0.25) is 0 Å². The van der Waals surface area contributed by atoms with Crippen LogP contribution in [0.25, 0.3) is 22.3 Å². The number of aromatic carboxylic acids is 1. The third kappa shape index (κ3) is 4.13. The predicted molar refractivity (Wildman–Crippen MR) is 107 cm³/mol. The number of morpholine rings is 1. The molecule has 0 atom stereocenters. The molecule has 8 heteroatoms. The van der Waals surface area contributed by atoms with Crippen LogP contribution in [0.1, 0.15) is 16.8 Å². The Labute approximate surface area is 162 Å². The number of carbonyl (C=O) groups is 1. The SMILES string of the molecule is O=C(O)c1ccc(-c2cc3c(NCCCN4CCOCC4)ncnc3[nH]2)cc1. The molecular formula is C20H23N5O3. The van der Waals surface area contributed by atoms with E-state index in [0.29, 0.717) is 0 Å². The van der Waals surface area contributed by atoms with Gasteiger partial charge in [-0.2, -0.15) is 0 Å². The third-order valence-corrected chi connectivity index (χ3v) is 4.92. The molecule has 2 aromatic heterocycles. The monoisotopic (exact) mass is 381 g/mol. The summed E-state index contributed by atoms with van der Waals surface area (Å²) in [5, 5.41) is 13.4. The predicted octanol–water partition coefficient (Wildman–Crippen LogP) is 2.46. The van der Waals surface area contributed by atoms with Crippen molar-refractivity contribution in [2.75, 3.05) is 44.7 Å². The fraction of sp³-hybridized carbons (Fsp3) is 0.350. The van der Waals surface area contributed by atoms with E-state index in [9.17, 15) is 4.79 Å². The van der Waals surface area contributed by atoms with Crippen LogP contribution in [0.4, 0.5) is 5.82 Å². The van der Waals surface area contributed by atoms with Gasteiger partial charge in [0.05, 0.1) is 24.2 Å². The van der Waals surface area contributed by atoms with E-state index in [2.05, 4.69) is 25.2 Å². The minimum atomic E-state index is -0.933. The summed E-state index contributed by atoms with van der Waals surface area (Å²) in [6.45, 7) is 5.51. The molecule has 1 fully saturated rings. The number of anilines is 1. The average molecular weight is 381 g/mol. The molecular weight excluding hydrogens is 358 g/mol. The van der Waals surface area contributed by atoms with E-state index in [1.165, 1.54) is 0 Å². The van der Waals surface area contributed by atoms with Crippen molar-refractivity contribution in [3.63, 3.8) is 0 Å². The minimum absolute atomic E-state index is 0.266. The molecule has 3 heterocycles. The number of H-pyrrole nitrogens is 1. The highest BCUT2D eigenvalue weighted by Crippen LogP contribution is 2.27. The molecule has 0 spiro atoms. The molecule has 28 heavy (non-hydrogen) atoms. The summed E-state index contributed by atoms with van der Waals surface area (Å²) < 4.78 is 5.37. The van der Waals surface area contributed by atoms with Gasteiger partial charge in [-0.15, -0.1) is 0 Å². The zero-order valence-electron chi connectivity index (χ0n) is 15.5. The number of ether oxygens (including phenoxy) is 1. The molecule has 1 aliphatic rings. The zero-order valence-corrected chi connectivity index (χ0v) is 15.5. The Hall–Kier alpha value is -2.97. The number of hydrogen-bond donors (Lipinski definition) is 3. The fourth-order valence-electron chi connectivity index (χ4n) is 3.36. The standard InChI is InChI=1S/C20H23N5O3/c26-20(27)15-4-2-14(3-5-15)17-12-16-18(22-13-23-19(16)24-17)21-6-1-7-25-8-10-28-11-9-25/h2-5,12-13H,1,6-11H2,(H,26,27)(H2,21,22,23,24). The maximum Gasteiger partial charge on any atom is 0.335 e. The number of rotatable bonds is 7. The van der Waals surface area contributed by atoms with Gasteiger partial charge in [-0.3, -0.25) is 4.90 Å². The molecule has 146 valence electrons. The zero-order chi connectivity index (χ0) is 19.3. The molecule has 0 unspecified atom stereocenters. The smallest absolute Gasteiger partial charge is 0.335 e. The number of aromatic amines is 1. The van der Waals surface area contributed by atoms with Crippen LogP contribution in [0.2, 0.25) is 0 Å². The van der Waals surface area contributed by atoms with Crippen LogP contribution in [0.5, 0.6) is 0 Å². The first-order chi connectivity index (χ1) is 13.7. The van der Waals surface area contributed by atoms with Gasteiger partial charge >= 0.3 is 5.97 Å². The fourth-order valence-corrected chi connectivity index (χ4v) is 3.36. The quantitative estimate of drug-likeness (QED) is 0.540. The number of carboxylic acids is 1. The van der Waals surface area contributed by atoms with E-state index in [-0.39, 0.29) is 5.56 Å². The highest BCUT2D eigenvalue weighted by molar-refractivity contribution is 5.92. The summed E-state index contributed by atoms with van der Waals surface area (Å²) in [5.74, 6) is -0.130. The minimum Gasteiger partial charge on any atom is -0.478 e. The van der Waals surface area contributed by atoms with Crippen molar-refractivity contribution in [2.24, 2.45) is 0 Å². The third-order valence-electron chi connectivity index (χ3n) is 4.92. The Kier molecular flexibility index (Phi) is 5.50. The van der Waals surface area contributed by atoms with Gasteiger partial charge in [0, 0.05) is 25.3 Å². The highest BCUT2D eigenvalue weighted by Gasteiger charge is 2.12. The van der Waals surface area contributed by atoms with Crippen LogP contribution in [0, 0.1) is 0 Å². The first-order valence-corrected chi connectivity index (χ1v) is 9.42. The van der Waals surface area contributed by atoms with Gasteiger partial charge in [0.25, 0.3) is 0 Å². The van der Waals surface area contributed by atoms with Gasteiger partial charge in [-0.05, 0) is 36.7 Å². The Morgan fingerprint density at radius 2 is 2.00 bits per heavy atom. The number of hydrogen-bond acceptors (Lipinski definition) is 6. The van der Waals surface area contributed by atoms with Crippen LogP contribution < -0.4 is 5.32 Å². The Morgan fingerprint density at radius 3 is 2.75 bits per heavy atom. The van der Waals surface area contributed by atoms with E-state index in [1.807, 2.05) is 6.07 Å². The topological polar surface area (TPSA) is 103 Å². The van der Waals surface area contributed by atoms with E-state index in [0.717, 1.165) is 73.9 Å². The number of fused-ring (bicyclic) bond motifs is 1. The molecule has 3 N–H and O–H groups in total. The molecule has 8 nitrogen and oxygen atoms in total. The van der Waals surface area contributed by atoms with Crippen molar-refractivity contribution in [1.29, 1.82) is 0 Å². The van der Waals surface area contributed by atoms with Crippen LogP contribution in [-0.4, -0.2) is 70.3 Å². The van der Waals surface area contributed by atoms with E-state index < -0.39 is 5.97 Å². The van der Waals surface area contributed by atoms with Crippen molar-refractivity contribution in [3.05, 3.63) is 42.2 Å². The maximum atomic E-state index is 11.0. The molecule has 0 amide bonds.